The molecule has 0 bridgehead atoms. The van der Waals surface area contributed by atoms with E-state index in [0.717, 1.165) is 16.5 Å². The van der Waals surface area contributed by atoms with Crippen LogP contribution in [0.3, 0.4) is 0 Å². The minimum atomic E-state index is -0.135. The highest BCUT2D eigenvalue weighted by Gasteiger charge is 2.05. The predicted octanol–water partition coefficient (Wildman–Crippen LogP) is 5.04. The molecule has 1 N–H and O–H groups in total. The van der Waals surface area contributed by atoms with Gasteiger partial charge in [0, 0.05) is 22.6 Å². The van der Waals surface area contributed by atoms with E-state index in [1.54, 1.807) is 6.07 Å². The molecule has 1 rings (SSSR count). The lowest BCUT2D eigenvalue weighted by Crippen LogP contribution is -2.25. The quantitative estimate of drug-likeness (QED) is 0.663. The molecule has 0 aromatic heterocycles. The zero-order valence-electron chi connectivity index (χ0n) is 11.3. The summed E-state index contributed by atoms with van der Waals surface area (Å²) in [4.78, 5) is 0. The van der Waals surface area contributed by atoms with E-state index in [1.165, 1.54) is 31.7 Å². The Morgan fingerprint density at radius 3 is 2.78 bits per heavy atom. The molecule has 0 amide bonds. The average Bonchev–Trinajstić information content (AvgIpc) is 2.36. The van der Waals surface area contributed by atoms with Crippen LogP contribution in [0.25, 0.3) is 0 Å². The van der Waals surface area contributed by atoms with Gasteiger partial charge < -0.3 is 5.32 Å². The van der Waals surface area contributed by atoms with Gasteiger partial charge in [0.25, 0.3) is 0 Å². The lowest BCUT2D eigenvalue weighted by molar-refractivity contribution is 0.475. The SMILES string of the molecule is CCCCCCC(C)NCc1cc(Br)ccc1F. The molecule has 0 aliphatic rings. The molecule has 1 unspecified atom stereocenters. The molecule has 0 fully saturated rings. The van der Waals surface area contributed by atoms with Crippen LogP contribution in [0.15, 0.2) is 22.7 Å². The van der Waals surface area contributed by atoms with Crippen molar-refractivity contribution in [3.63, 3.8) is 0 Å². The van der Waals surface area contributed by atoms with Crippen LogP contribution in [-0.2, 0) is 6.54 Å². The van der Waals surface area contributed by atoms with E-state index in [0.29, 0.717) is 12.6 Å². The van der Waals surface area contributed by atoms with Gasteiger partial charge in [-0.3, -0.25) is 0 Å². The first-order chi connectivity index (χ1) is 8.63. The second kappa shape index (κ2) is 8.65. The standard InChI is InChI=1S/C15H23BrFN/c1-3-4-5-6-7-12(2)18-11-13-10-14(16)8-9-15(13)17/h8-10,12,18H,3-7,11H2,1-2H3. The van der Waals surface area contributed by atoms with Crippen molar-refractivity contribution in [1.29, 1.82) is 0 Å². The maximum atomic E-state index is 13.5. The second-order valence-corrected chi connectivity index (χ2v) is 5.78. The number of hydrogen-bond acceptors (Lipinski definition) is 1. The molecule has 0 heterocycles. The zero-order valence-corrected chi connectivity index (χ0v) is 12.9. The monoisotopic (exact) mass is 315 g/mol. The third-order valence-electron chi connectivity index (χ3n) is 3.14. The van der Waals surface area contributed by atoms with Crippen LogP contribution in [0.1, 0.15) is 51.5 Å². The highest BCUT2D eigenvalue weighted by atomic mass is 79.9. The van der Waals surface area contributed by atoms with E-state index < -0.39 is 0 Å². The number of nitrogens with one attached hydrogen (secondary N) is 1. The van der Waals surface area contributed by atoms with Gasteiger partial charge in [-0.25, -0.2) is 4.39 Å². The molecule has 102 valence electrons. The molecule has 0 aliphatic carbocycles. The number of halogens is 2. The van der Waals surface area contributed by atoms with E-state index >= 15 is 0 Å². The van der Waals surface area contributed by atoms with Gasteiger partial charge in [-0.15, -0.1) is 0 Å². The Balaban J connectivity index is 2.29. The Labute approximate surface area is 118 Å². The lowest BCUT2D eigenvalue weighted by Gasteiger charge is -2.14. The summed E-state index contributed by atoms with van der Waals surface area (Å²) in [6, 6.07) is 5.52. The van der Waals surface area contributed by atoms with Gasteiger partial charge in [-0.2, -0.15) is 0 Å². The molecule has 0 saturated carbocycles. The maximum absolute atomic E-state index is 13.5. The zero-order chi connectivity index (χ0) is 13.4. The van der Waals surface area contributed by atoms with Gasteiger partial charge in [0.1, 0.15) is 5.82 Å². The van der Waals surface area contributed by atoms with Crippen LogP contribution in [0.2, 0.25) is 0 Å². The Hall–Kier alpha value is -0.410. The largest absolute Gasteiger partial charge is 0.310 e. The summed E-state index contributed by atoms with van der Waals surface area (Å²) in [5, 5.41) is 3.38. The molecule has 1 nitrogen and oxygen atoms in total. The fraction of sp³-hybridized carbons (Fsp3) is 0.600. The Bertz CT molecular complexity index is 354. The van der Waals surface area contributed by atoms with Crippen LogP contribution in [0.4, 0.5) is 4.39 Å². The fourth-order valence-corrected chi connectivity index (χ4v) is 2.35. The van der Waals surface area contributed by atoms with Crippen molar-refractivity contribution >= 4 is 15.9 Å². The first-order valence-corrected chi connectivity index (χ1v) is 7.60. The second-order valence-electron chi connectivity index (χ2n) is 4.87. The highest BCUT2D eigenvalue weighted by molar-refractivity contribution is 9.10. The maximum Gasteiger partial charge on any atom is 0.127 e. The van der Waals surface area contributed by atoms with Gasteiger partial charge in [0.05, 0.1) is 0 Å². The normalized spacial score (nSPS) is 12.7. The fourth-order valence-electron chi connectivity index (χ4n) is 1.94. The third kappa shape index (κ3) is 5.96. The van der Waals surface area contributed by atoms with E-state index in [9.17, 15) is 4.39 Å². The van der Waals surface area contributed by atoms with Crippen molar-refractivity contribution < 1.29 is 4.39 Å². The molecule has 1 atom stereocenters. The Kier molecular flexibility index (Phi) is 7.52. The number of unbranched alkanes of at least 4 members (excludes halogenated alkanes) is 3. The molecular formula is C15H23BrFN. The number of hydrogen-bond donors (Lipinski definition) is 1. The summed E-state index contributed by atoms with van der Waals surface area (Å²) < 4.78 is 14.4. The number of rotatable bonds is 8. The van der Waals surface area contributed by atoms with Gasteiger partial charge in [0.15, 0.2) is 0 Å². The first-order valence-electron chi connectivity index (χ1n) is 6.80. The minimum Gasteiger partial charge on any atom is -0.310 e. The summed E-state index contributed by atoms with van der Waals surface area (Å²) in [7, 11) is 0. The summed E-state index contributed by atoms with van der Waals surface area (Å²) >= 11 is 3.37. The summed E-state index contributed by atoms with van der Waals surface area (Å²) in [6.07, 6.45) is 6.30. The van der Waals surface area contributed by atoms with Crippen molar-refractivity contribution in [2.45, 2.75) is 58.5 Å². The van der Waals surface area contributed by atoms with Crippen molar-refractivity contribution in [2.24, 2.45) is 0 Å². The smallest absolute Gasteiger partial charge is 0.127 e. The van der Waals surface area contributed by atoms with Gasteiger partial charge in [0.2, 0.25) is 0 Å². The third-order valence-corrected chi connectivity index (χ3v) is 3.63. The summed E-state index contributed by atoms with van der Waals surface area (Å²) in [5.41, 5.74) is 0.727. The van der Waals surface area contributed by atoms with Crippen molar-refractivity contribution in [2.75, 3.05) is 0 Å². The van der Waals surface area contributed by atoms with E-state index in [4.69, 9.17) is 0 Å². The van der Waals surface area contributed by atoms with Crippen LogP contribution in [0.5, 0.6) is 0 Å². The minimum absolute atomic E-state index is 0.135. The molecule has 0 saturated heterocycles. The van der Waals surface area contributed by atoms with Crippen molar-refractivity contribution in [3.8, 4) is 0 Å². The van der Waals surface area contributed by atoms with Crippen LogP contribution >= 0.6 is 15.9 Å². The lowest BCUT2D eigenvalue weighted by atomic mass is 10.1. The molecule has 0 spiro atoms. The van der Waals surface area contributed by atoms with E-state index in [1.807, 2.05) is 6.07 Å². The predicted molar refractivity (Wildman–Crippen MR) is 79.2 cm³/mol. The molecule has 1 aromatic carbocycles. The average molecular weight is 316 g/mol. The number of benzene rings is 1. The van der Waals surface area contributed by atoms with Crippen LogP contribution < -0.4 is 5.32 Å². The van der Waals surface area contributed by atoms with E-state index in [-0.39, 0.29) is 5.82 Å². The van der Waals surface area contributed by atoms with Gasteiger partial charge >= 0.3 is 0 Å². The molecule has 0 radical (unpaired) electrons. The van der Waals surface area contributed by atoms with Gasteiger partial charge in [-0.1, -0.05) is 48.5 Å². The summed E-state index contributed by atoms with van der Waals surface area (Å²) in [6.45, 7) is 4.99. The van der Waals surface area contributed by atoms with Crippen LogP contribution in [0, 0.1) is 5.82 Å². The van der Waals surface area contributed by atoms with Crippen LogP contribution in [-0.4, -0.2) is 6.04 Å². The highest BCUT2D eigenvalue weighted by Crippen LogP contribution is 2.15. The molecule has 3 heteroatoms. The molecule has 1 aromatic rings. The molecule has 0 aliphatic heterocycles. The first kappa shape index (κ1) is 15.6. The topological polar surface area (TPSA) is 12.0 Å². The molecule has 18 heavy (non-hydrogen) atoms. The van der Waals surface area contributed by atoms with Gasteiger partial charge in [-0.05, 0) is 31.5 Å². The van der Waals surface area contributed by atoms with E-state index in [2.05, 4.69) is 35.1 Å². The van der Waals surface area contributed by atoms with Crippen molar-refractivity contribution in [3.05, 3.63) is 34.1 Å². The Morgan fingerprint density at radius 1 is 1.28 bits per heavy atom. The molecular weight excluding hydrogens is 293 g/mol. The summed E-state index contributed by atoms with van der Waals surface area (Å²) in [5.74, 6) is -0.135. The Morgan fingerprint density at radius 2 is 2.06 bits per heavy atom. The van der Waals surface area contributed by atoms with Crippen molar-refractivity contribution in [1.82, 2.24) is 5.32 Å².